The molecule has 1 aliphatic heterocycles. The average Bonchev–Trinajstić information content (AvgIpc) is 2.68. The summed E-state index contributed by atoms with van der Waals surface area (Å²) in [6, 6.07) is -0.236. The molecule has 2 rings (SSSR count). The van der Waals surface area contributed by atoms with E-state index in [-0.39, 0.29) is 6.04 Å². The van der Waals surface area contributed by atoms with E-state index in [4.69, 9.17) is 9.47 Å². The highest BCUT2D eigenvalue weighted by molar-refractivity contribution is 5.72. The number of ether oxygens (including phenoxy) is 2. The third-order valence-electron chi connectivity index (χ3n) is 4.74. The first kappa shape index (κ1) is 18.2. The standard InChI is InChI=1S/C18H31NO4/c1-17(2,3)23-16(21)19-14(11-13-9-7-6-8-10-13)15(12-20)22-18(19,4)5/h12-15H,6-11H2,1-5H3/t14-,15-/m0/s1. The molecule has 2 fully saturated rings. The Morgan fingerprint density at radius 3 is 2.39 bits per heavy atom. The molecule has 5 nitrogen and oxygen atoms in total. The fourth-order valence-electron chi connectivity index (χ4n) is 3.80. The summed E-state index contributed by atoms with van der Waals surface area (Å²) in [6.07, 6.45) is 6.78. The van der Waals surface area contributed by atoms with Crippen molar-refractivity contribution in [3.63, 3.8) is 0 Å². The normalized spacial score (nSPS) is 28.7. The van der Waals surface area contributed by atoms with Crippen molar-refractivity contribution >= 4 is 12.4 Å². The first-order chi connectivity index (χ1) is 10.6. The van der Waals surface area contributed by atoms with Gasteiger partial charge in [0.25, 0.3) is 0 Å². The molecule has 0 bridgehead atoms. The van der Waals surface area contributed by atoms with Crippen LogP contribution in [0.15, 0.2) is 0 Å². The molecule has 2 atom stereocenters. The molecule has 23 heavy (non-hydrogen) atoms. The lowest BCUT2D eigenvalue weighted by molar-refractivity contribution is -0.124. The number of amides is 1. The molecule has 0 N–H and O–H groups in total. The minimum Gasteiger partial charge on any atom is -0.444 e. The van der Waals surface area contributed by atoms with Crippen molar-refractivity contribution in [2.45, 2.75) is 96.6 Å². The van der Waals surface area contributed by atoms with Gasteiger partial charge in [-0.1, -0.05) is 32.1 Å². The average molecular weight is 325 g/mol. The zero-order valence-corrected chi connectivity index (χ0v) is 15.1. The van der Waals surface area contributed by atoms with E-state index in [2.05, 4.69) is 0 Å². The van der Waals surface area contributed by atoms with Crippen molar-refractivity contribution in [1.82, 2.24) is 4.90 Å². The SMILES string of the molecule is CC(C)(C)OC(=O)N1[C@@H](CC2CCCCC2)[C@H](C=O)OC1(C)C. The van der Waals surface area contributed by atoms with Crippen LogP contribution >= 0.6 is 0 Å². The predicted octanol–water partition coefficient (Wildman–Crippen LogP) is 3.90. The molecular formula is C18H31NO4. The summed E-state index contributed by atoms with van der Waals surface area (Å²) in [4.78, 5) is 25.8. The van der Waals surface area contributed by atoms with Crippen molar-refractivity contribution in [3.8, 4) is 0 Å². The molecule has 0 aromatic rings. The van der Waals surface area contributed by atoms with Crippen LogP contribution in [0, 0.1) is 5.92 Å². The molecule has 0 radical (unpaired) electrons. The lowest BCUT2D eigenvalue weighted by Crippen LogP contribution is -2.50. The van der Waals surface area contributed by atoms with Gasteiger partial charge in [-0.05, 0) is 47.0 Å². The quantitative estimate of drug-likeness (QED) is 0.739. The molecule has 1 saturated carbocycles. The van der Waals surface area contributed by atoms with E-state index >= 15 is 0 Å². The highest BCUT2D eigenvalue weighted by Crippen LogP contribution is 2.38. The summed E-state index contributed by atoms with van der Waals surface area (Å²) in [5.41, 5.74) is -1.39. The molecule has 0 aromatic carbocycles. The number of hydrogen-bond acceptors (Lipinski definition) is 4. The van der Waals surface area contributed by atoms with Gasteiger partial charge in [-0.25, -0.2) is 4.79 Å². The summed E-state index contributed by atoms with van der Waals surface area (Å²) in [5, 5.41) is 0. The van der Waals surface area contributed by atoms with Crippen LogP contribution in [-0.4, -0.2) is 40.8 Å². The predicted molar refractivity (Wildman–Crippen MR) is 88.1 cm³/mol. The van der Waals surface area contributed by atoms with Crippen LogP contribution in [0.3, 0.4) is 0 Å². The summed E-state index contributed by atoms with van der Waals surface area (Å²) < 4.78 is 11.4. The largest absolute Gasteiger partial charge is 0.444 e. The van der Waals surface area contributed by atoms with Crippen LogP contribution < -0.4 is 0 Å². The molecule has 1 aliphatic carbocycles. The van der Waals surface area contributed by atoms with Gasteiger partial charge in [-0.2, -0.15) is 0 Å². The van der Waals surface area contributed by atoms with Crippen molar-refractivity contribution in [2.24, 2.45) is 5.92 Å². The van der Waals surface area contributed by atoms with Gasteiger partial charge in [-0.15, -0.1) is 0 Å². The Hall–Kier alpha value is -1.10. The van der Waals surface area contributed by atoms with Crippen molar-refractivity contribution in [1.29, 1.82) is 0 Å². The Balaban J connectivity index is 2.18. The molecule has 0 spiro atoms. The molecule has 0 aromatic heterocycles. The molecule has 1 heterocycles. The summed E-state index contributed by atoms with van der Waals surface area (Å²) in [7, 11) is 0. The molecule has 1 saturated heterocycles. The van der Waals surface area contributed by atoms with Gasteiger partial charge in [0.15, 0.2) is 6.29 Å². The van der Waals surface area contributed by atoms with Gasteiger partial charge < -0.3 is 14.3 Å². The second kappa shape index (κ2) is 6.80. The highest BCUT2D eigenvalue weighted by atomic mass is 16.6. The van der Waals surface area contributed by atoms with Crippen molar-refractivity contribution in [3.05, 3.63) is 0 Å². The van der Waals surface area contributed by atoms with Gasteiger partial charge in [0, 0.05) is 0 Å². The number of carbonyl (C=O) groups is 2. The lowest BCUT2D eigenvalue weighted by Gasteiger charge is -2.36. The molecule has 132 valence electrons. The number of rotatable bonds is 3. The lowest BCUT2D eigenvalue weighted by atomic mass is 9.83. The summed E-state index contributed by atoms with van der Waals surface area (Å²) in [5.74, 6) is 0.554. The molecule has 5 heteroatoms. The Bertz CT molecular complexity index is 435. The zero-order chi connectivity index (χ0) is 17.3. The van der Waals surface area contributed by atoms with E-state index in [1.807, 2.05) is 34.6 Å². The van der Waals surface area contributed by atoms with Crippen LogP contribution in [0.1, 0.15) is 73.1 Å². The van der Waals surface area contributed by atoms with E-state index in [0.717, 1.165) is 12.7 Å². The third kappa shape index (κ3) is 4.46. The summed E-state index contributed by atoms with van der Waals surface area (Å²) in [6.45, 7) is 9.20. The minimum absolute atomic E-state index is 0.236. The van der Waals surface area contributed by atoms with Crippen LogP contribution in [0.4, 0.5) is 4.79 Å². The summed E-state index contributed by atoms with van der Waals surface area (Å²) >= 11 is 0. The van der Waals surface area contributed by atoms with Gasteiger partial charge in [0.05, 0.1) is 6.04 Å². The Kier molecular flexibility index (Phi) is 5.39. The van der Waals surface area contributed by atoms with Crippen molar-refractivity contribution in [2.75, 3.05) is 0 Å². The van der Waals surface area contributed by atoms with E-state index in [1.165, 1.54) is 32.1 Å². The van der Waals surface area contributed by atoms with Gasteiger partial charge in [-0.3, -0.25) is 4.90 Å². The third-order valence-corrected chi connectivity index (χ3v) is 4.74. The van der Waals surface area contributed by atoms with E-state index in [9.17, 15) is 9.59 Å². The number of aldehydes is 1. The van der Waals surface area contributed by atoms with E-state index in [0.29, 0.717) is 5.92 Å². The minimum atomic E-state index is -0.826. The van der Waals surface area contributed by atoms with E-state index in [1.54, 1.807) is 4.90 Å². The van der Waals surface area contributed by atoms with E-state index < -0.39 is 23.5 Å². The second-order valence-electron chi connectivity index (χ2n) is 8.32. The number of carbonyl (C=O) groups excluding carboxylic acids is 2. The Morgan fingerprint density at radius 1 is 1.26 bits per heavy atom. The number of hydrogen-bond donors (Lipinski definition) is 0. The molecule has 1 amide bonds. The van der Waals surface area contributed by atoms with Crippen LogP contribution in [0.2, 0.25) is 0 Å². The molecule has 0 unspecified atom stereocenters. The Morgan fingerprint density at radius 2 is 1.87 bits per heavy atom. The van der Waals surface area contributed by atoms with Crippen LogP contribution in [0.25, 0.3) is 0 Å². The maximum absolute atomic E-state index is 12.7. The fourth-order valence-corrected chi connectivity index (χ4v) is 3.80. The smallest absolute Gasteiger partial charge is 0.412 e. The topological polar surface area (TPSA) is 55.8 Å². The maximum atomic E-state index is 12.7. The second-order valence-corrected chi connectivity index (χ2v) is 8.32. The van der Waals surface area contributed by atoms with Gasteiger partial charge >= 0.3 is 6.09 Å². The highest BCUT2D eigenvalue weighted by Gasteiger charge is 2.51. The van der Waals surface area contributed by atoms with Gasteiger partial charge in [0.1, 0.15) is 17.4 Å². The van der Waals surface area contributed by atoms with Gasteiger partial charge in [0.2, 0.25) is 0 Å². The monoisotopic (exact) mass is 325 g/mol. The fraction of sp³-hybridized carbons (Fsp3) is 0.889. The van der Waals surface area contributed by atoms with Crippen LogP contribution in [-0.2, 0) is 14.3 Å². The molecule has 2 aliphatic rings. The maximum Gasteiger partial charge on any atom is 0.412 e. The zero-order valence-electron chi connectivity index (χ0n) is 15.1. The van der Waals surface area contributed by atoms with Crippen LogP contribution in [0.5, 0.6) is 0 Å². The Labute approximate surface area is 139 Å². The number of nitrogens with zero attached hydrogens (tertiary/aromatic N) is 1. The molecular weight excluding hydrogens is 294 g/mol. The first-order valence-corrected chi connectivity index (χ1v) is 8.79. The van der Waals surface area contributed by atoms with Crippen molar-refractivity contribution < 1.29 is 19.1 Å². The first-order valence-electron chi connectivity index (χ1n) is 8.79.